The van der Waals surface area contributed by atoms with Crippen molar-refractivity contribution < 1.29 is 18.7 Å². The first-order chi connectivity index (χ1) is 12.1. The molecule has 0 saturated heterocycles. The summed E-state index contributed by atoms with van der Waals surface area (Å²) in [5.74, 6) is 0.743. The van der Waals surface area contributed by atoms with Crippen LogP contribution in [0.15, 0.2) is 46.9 Å². The highest BCUT2D eigenvalue weighted by molar-refractivity contribution is 5.93. The fourth-order valence-corrected chi connectivity index (χ4v) is 2.96. The predicted octanol–water partition coefficient (Wildman–Crippen LogP) is 3.20. The molecule has 2 amide bonds. The van der Waals surface area contributed by atoms with Gasteiger partial charge in [0.1, 0.15) is 18.1 Å². The molecule has 1 aliphatic carbocycles. The van der Waals surface area contributed by atoms with Gasteiger partial charge in [0.2, 0.25) is 5.91 Å². The summed E-state index contributed by atoms with van der Waals surface area (Å²) in [6.45, 7) is 2.15. The van der Waals surface area contributed by atoms with E-state index < -0.39 is 11.3 Å². The molecule has 0 aliphatic heterocycles. The molecule has 1 aliphatic rings. The van der Waals surface area contributed by atoms with Crippen LogP contribution in [-0.2, 0) is 11.4 Å². The first kappa shape index (κ1) is 17.1. The van der Waals surface area contributed by atoms with E-state index >= 15 is 0 Å². The van der Waals surface area contributed by atoms with Crippen LogP contribution in [0.25, 0.3) is 0 Å². The van der Waals surface area contributed by atoms with Crippen molar-refractivity contribution in [2.24, 2.45) is 5.41 Å². The molecular formula is C19H22N2O4. The SMILES string of the molecule is CC1(C(=O)NNC(=O)c2ccc(COc3ccccc3)o2)CCCC1. The van der Waals surface area contributed by atoms with Crippen LogP contribution in [0.2, 0.25) is 0 Å². The van der Waals surface area contributed by atoms with Gasteiger partial charge in [-0.2, -0.15) is 0 Å². The number of hydrogen-bond donors (Lipinski definition) is 2. The Bertz CT molecular complexity index is 733. The molecule has 1 aromatic heterocycles. The Morgan fingerprint density at radius 3 is 2.52 bits per heavy atom. The average molecular weight is 342 g/mol. The van der Waals surface area contributed by atoms with Gasteiger partial charge in [-0.3, -0.25) is 20.4 Å². The van der Waals surface area contributed by atoms with Crippen LogP contribution in [0.1, 0.15) is 48.9 Å². The minimum atomic E-state index is -0.485. The summed E-state index contributed by atoms with van der Waals surface area (Å²) >= 11 is 0. The lowest BCUT2D eigenvalue weighted by Gasteiger charge is -2.21. The number of furan rings is 1. The van der Waals surface area contributed by atoms with Crippen LogP contribution in [0.5, 0.6) is 5.75 Å². The normalized spacial score (nSPS) is 15.6. The summed E-state index contributed by atoms with van der Waals surface area (Å²) in [4.78, 5) is 24.3. The first-order valence-electron chi connectivity index (χ1n) is 8.44. The van der Waals surface area contributed by atoms with Crippen LogP contribution in [-0.4, -0.2) is 11.8 Å². The minimum absolute atomic E-state index is 0.128. The molecule has 132 valence electrons. The third-order valence-electron chi connectivity index (χ3n) is 4.55. The van der Waals surface area contributed by atoms with Gasteiger partial charge < -0.3 is 9.15 Å². The van der Waals surface area contributed by atoms with Gasteiger partial charge in [0.25, 0.3) is 0 Å². The second-order valence-corrected chi connectivity index (χ2v) is 6.54. The van der Waals surface area contributed by atoms with Crippen LogP contribution in [0.4, 0.5) is 0 Å². The maximum absolute atomic E-state index is 12.2. The minimum Gasteiger partial charge on any atom is -0.486 e. The van der Waals surface area contributed by atoms with Crippen molar-refractivity contribution >= 4 is 11.8 Å². The van der Waals surface area contributed by atoms with Crippen LogP contribution < -0.4 is 15.6 Å². The monoisotopic (exact) mass is 342 g/mol. The number of hydrazine groups is 1. The molecule has 0 unspecified atom stereocenters. The molecule has 1 heterocycles. The lowest BCUT2D eigenvalue weighted by atomic mass is 9.88. The Kier molecular flexibility index (Phi) is 5.07. The number of carbonyl (C=O) groups is 2. The highest BCUT2D eigenvalue weighted by atomic mass is 16.5. The van der Waals surface area contributed by atoms with Crippen LogP contribution in [0.3, 0.4) is 0 Å². The number of benzene rings is 1. The average Bonchev–Trinajstić information content (AvgIpc) is 3.28. The van der Waals surface area contributed by atoms with E-state index in [2.05, 4.69) is 10.9 Å². The molecule has 6 heteroatoms. The zero-order chi connectivity index (χ0) is 17.7. The highest BCUT2D eigenvalue weighted by Gasteiger charge is 2.36. The van der Waals surface area contributed by atoms with Gasteiger partial charge in [0, 0.05) is 5.41 Å². The van der Waals surface area contributed by atoms with E-state index in [9.17, 15) is 9.59 Å². The molecule has 1 saturated carbocycles. The molecule has 0 atom stereocenters. The molecule has 0 radical (unpaired) electrons. The Balaban J connectivity index is 1.49. The molecular weight excluding hydrogens is 320 g/mol. The van der Waals surface area contributed by atoms with E-state index in [1.165, 1.54) is 0 Å². The number of rotatable bonds is 5. The highest BCUT2D eigenvalue weighted by Crippen LogP contribution is 2.37. The van der Waals surface area contributed by atoms with Gasteiger partial charge >= 0.3 is 5.91 Å². The fraction of sp³-hybridized carbons (Fsp3) is 0.368. The van der Waals surface area contributed by atoms with Gasteiger partial charge in [-0.05, 0) is 37.1 Å². The van der Waals surface area contributed by atoms with Crippen molar-refractivity contribution in [3.05, 3.63) is 54.0 Å². The van der Waals surface area contributed by atoms with E-state index in [1.807, 2.05) is 37.3 Å². The third-order valence-corrected chi connectivity index (χ3v) is 4.55. The summed E-state index contributed by atoms with van der Waals surface area (Å²) in [5.41, 5.74) is 4.52. The molecule has 0 bridgehead atoms. The van der Waals surface area contributed by atoms with Gasteiger partial charge in [0.15, 0.2) is 5.76 Å². The summed E-state index contributed by atoms with van der Waals surface area (Å²) < 4.78 is 11.0. The standard InChI is InChI=1S/C19H22N2O4/c1-19(11-5-6-12-19)18(23)21-20-17(22)16-10-9-15(25-16)13-24-14-7-3-2-4-8-14/h2-4,7-10H,5-6,11-13H2,1H3,(H,20,22)(H,21,23). The van der Waals surface area contributed by atoms with Crippen molar-refractivity contribution in [2.75, 3.05) is 0 Å². The molecule has 1 fully saturated rings. The topological polar surface area (TPSA) is 80.6 Å². The summed E-state index contributed by atoms with van der Waals surface area (Å²) in [6, 6.07) is 12.6. The number of carbonyl (C=O) groups excluding carboxylic acids is 2. The van der Waals surface area contributed by atoms with Crippen molar-refractivity contribution in [3.63, 3.8) is 0 Å². The molecule has 0 spiro atoms. The quantitative estimate of drug-likeness (QED) is 0.818. The lowest BCUT2D eigenvalue weighted by Crippen LogP contribution is -2.47. The van der Waals surface area contributed by atoms with Crippen LogP contribution in [0, 0.1) is 5.41 Å². The van der Waals surface area contributed by atoms with E-state index in [1.54, 1.807) is 12.1 Å². The molecule has 2 N–H and O–H groups in total. The van der Waals surface area contributed by atoms with E-state index in [4.69, 9.17) is 9.15 Å². The zero-order valence-electron chi connectivity index (χ0n) is 14.2. The van der Waals surface area contributed by atoms with Gasteiger partial charge in [-0.1, -0.05) is 38.0 Å². The maximum Gasteiger partial charge on any atom is 0.305 e. The van der Waals surface area contributed by atoms with Crippen molar-refractivity contribution in [2.45, 2.75) is 39.2 Å². The van der Waals surface area contributed by atoms with E-state index in [-0.39, 0.29) is 18.3 Å². The number of ether oxygens (including phenoxy) is 1. The largest absolute Gasteiger partial charge is 0.486 e. The van der Waals surface area contributed by atoms with Gasteiger partial charge in [-0.25, -0.2) is 0 Å². The summed E-state index contributed by atoms with van der Waals surface area (Å²) in [7, 11) is 0. The third kappa shape index (κ3) is 4.21. The summed E-state index contributed by atoms with van der Waals surface area (Å²) in [6.07, 6.45) is 3.77. The second kappa shape index (κ2) is 7.42. The van der Waals surface area contributed by atoms with Gasteiger partial charge in [0.05, 0.1) is 0 Å². The van der Waals surface area contributed by atoms with E-state index in [0.717, 1.165) is 31.4 Å². The Hall–Kier alpha value is -2.76. The molecule has 6 nitrogen and oxygen atoms in total. The number of para-hydroxylation sites is 1. The van der Waals surface area contributed by atoms with E-state index in [0.29, 0.717) is 5.76 Å². The molecule has 2 aromatic rings. The molecule has 1 aromatic carbocycles. The Labute approximate surface area is 146 Å². The predicted molar refractivity (Wildman–Crippen MR) is 91.7 cm³/mol. The number of hydrogen-bond acceptors (Lipinski definition) is 4. The number of nitrogens with one attached hydrogen (secondary N) is 2. The summed E-state index contributed by atoms with van der Waals surface area (Å²) in [5, 5.41) is 0. The van der Waals surface area contributed by atoms with Crippen molar-refractivity contribution in [1.29, 1.82) is 0 Å². The smallest absolute Gasteiger partial charge is 0.305 e. The maximum atomic E-state index is 12.2. The van der Waals surface area contributed by atoms with Crippen molar-refractivity contribution in [3.8, 4) is 5.75 Å². The lowest BCUT2D eigenvalue weighted by molar-refractivity contribution is -0.130. The van der Waals surface area contributed by atoms with Crippen LogP contribution >= 0.6 is 0 Å². The van der Waals surface area contributed by atoms with Gasteiger partial charge in [-0.15, -0.1) is 0 Å². The molecule has 3 rings (SSSR count). The number of amides is 2. The molecule has 25 heavy (non-hydrogen) atoms. The Morgan fingerprint density at radius 1 is 1.08 bits per heavy atom. The zero-order valence-corrected chi connectivity index (χ0v) is 14.2. The fourth-order valence-electron chi connectivity index (χ4n) is 2.96. The first-order valence-corrected chi connectivity index (χ1v) is 8.44. The Morgan fingerprint density at radius 2 is 1.80 bits per heavy atom. The second-order valence-electron chi connectivity index (χ2n) is 6.54. The van der Waals surface area contributed by atoms with Crippen molar-refractivity contribution in [1.82, 2.24) is 10.9 Å².